The van der Waals surface area contributed by atoms with E-state index in [9.17, 15) is 18.0 Å². The molecule has 4 heterocycles. The first-order valence-electron chi connectivity index (χ1n) is 18.0. The van der Waals surface area contributed by atoms with E-state index in [-0.39, 0.29) is 49.6 Å². The van der Waals surface area contributed by atoms with Crippen LogP contribution in [0.5, 0.6) is 0 Å². The van der Waals surface area contributed by atoms with Crippen molar-refractivity contribution in [3.05, 3.63) is 46.1 Å². The zero-order valence-electron chi connectivity index (χ0n) is 32.4. The minimum Gasteiger partial charge on any atom is -0.414 e. The fourth-order valence-electron chi connectivity index (χ4n) is 6.09. The first-order chi connectivity index (χ1) is 23.8. The summed E-state index contributed by atoms with van der Waals surface area (Å²) in [4.78, 5) is 23.5. The predicted molar refractivity (Wildman–Crippen MR) is 209 cm³/mol. The number of carbonyl (C=O) groups excluding carboxylic acids is 1. The fourth-order valence-corrected chi connectivity index (χ4v) is 9.53. The van der Waals surface area contributed by atoms with Crippen LogP contribution in [0.1, 0.15) is 104 Å². The molecule has 4 rings (SSSR count). The molecule has 1 unspecified atom stereocenters. The Labute approximate surface area is 318 Å². The molecule has 2 atom stereocenters. The number of halogens is 5. The standard InChI is InChI=1S/C36H55Cl2F3N6O3Si2/c1-12-13-14-15-16-17-34(5,6)52(10,11)49-22-27(50-51(8,9)33(2,3)4)30-25(37)18-24(20-43-30)44-32(48)46-23-35(7,36(39,40)41)31-26(46)21-42-29-19-28(38)45-47(29)31/h18-21,27H,12-17,22-23H2,1-11H3,(H,44,48)/t27?,35-/m1/s1. The molecule has 0 bridgehead atoms. The summed E-state index contributed by atoms with van der Waals surface area (Å²) in [5.41, 5.74) is -1.87. The lowest BCUT2D eigenvalue weighted by molar-refractivity contribution is -0.181. The molecule has 52 heavy (non-hydrogen) atoms. The minimum absolute atomic E-state index is 0.0113. The van der Waals surface area contributed by atoms with Gasteiger partial charge in [-0.2, -0.15) is 18.3 Å². The van der Waals surface area contributed by atoms with Crippen LogP contribution >= 0.6 is 23.2 Å². The molecule has 0 aromatic carbocycles. The Hall–Kier alpha value is -2.24. The van der Waals surface area contributed by atoms with Crippen molar-refractivity contribution < 1.29 is 26.8 Å². The van der Waals surface area contributed by atoms with Gasteiger partial charge in [-0.15, -0.1) is 0 Å². The second kappa shape index (κ2) is 15.5. The lowest BCUT2D eigenvalue weighted by Gasteiger charge is -2.42. The summed E-state index contributed by atoms with van der Waals surface area (Å²) in [5.74, 6) is 0. The Morgan fingerprint density at radius 3 is 2.25 bits per heavy atom. The Balaban J connectivity index is 1.59. The van der Waals surface area contributed by atoms with E-state index >= 15 is 0 Å². The largest absolute Gasteiger partial charge is 0.414 e. The molecule has 0 aliphatic carbocycles. The summed E-state index contributed by atoms with van der Waals surface area (Å²) < 4.78 is 58.5. The smallest absolute Gasteiger partial charge is 0.401 e. The SMILES string of the molecule is CCCCCCCC(C)(C)[Si](C)(C)OCC(O[Si](C)(C)C(C)(C)C)c1ncc(NC(=O)N2C[C@@](C)(C(F)(F)F)c3c2cnc2cc(Cl)nn32)cc1Cl. The van der Waals surface area contributed by atoms with Crippen molar-refractivity contribution in [2.45, 2.75) is 141 Å². The molecule has 3 aromatic rings. The van der Waals surface area contributed by atoms with Gasteiger partial charge in [0.15, 0.2) is 27.4 Å². The van der Waals surface area contributed by atoms with Crippen molar-refractivity contribution in [1.29, 1.82) is 0 Å². The molecule has 0 radical (unpaired) electrons. The van der Waals surface area contributed by atoms with Gasteiger partial charge in [-0.3, -0.25) is 9.88 Å². The van der Waals surface area contributed by atoms with Crippen LogP contribution in [0.2, 0.25) is 46.4 Å². The minimum atomic E-state index is -4.71. The maximum Gasteiger partial charge on any atom is 0.401 e. The van der Waals surface area contributed by atoms with Gasteiger partial charge in [0.1, 0.15) is 11.5 Å². The molecule has 1 aliphatic rings. The number of unbranched alkanes of at least 4 members (excludes halogenated alkanes) is 4. The number of amides is 2. The average Bonchev–Trinajstić information content (AvgIpc) is 3.55. The average molecular weight is 804 g/mol. The monoisotopic (exact) mass is 802 g/mol. The second-order valence-corrected chi connectivity index (χ2v) is 27.1. The number of pyridine rings is 1. The Kier molecular flexibility index (Phi) is 12.7. The van der Waals surface area contributed by atoms with E-state index in [1.807, 2.05) is 0 Å². The molecule has 290 valence electrons. The van der Waals surface area contributed by atoms with Crippen LogP contribution in [-0.2, 0) is 14.3 Å². The lowest BCUT2D eigenvalue weighted by Crippen LogP contribution is -2.46. The highest BCUT2D eigenvalue weighted by Crippen LogP contribution is 2.50. The normalized spacial score (nSPS) is 17.9. The van der Waals surface area contributed by atoms with E-state index < -0.39 is 46.9 Å². The number of rotatable bonds is 14. The molecule has 0 spiro atoms. The molecular weight excluding hydrogens is 749 g/mol. The van der Waals surface area contributed by atoms with Gasteiger partial charge < -0.3 is 14.2 Å². The highest BCUT2D eigenvalue weighted by Gasteiger charge is 2.60. The van der Waals surface area contributed by atoms with Crippen LogP contribution < -0.4 is 10.2 Å². The number of hydrogen-bond acceptors (Lipinski definition) is 6. The topological polar surface area (TPSA) is 93.9 Å². The van der Waals surface area contributed by atoms with Gasteiger partial charge in [0, 0.05) is 12.6 Å². The second-order valence-electron chi connectivity index (χ2n) is 16.9. The van der Waals surface area contributed by atoms with Crippen LogP contribution in [0.25, 0.3) is 5.65 Å². The first-order valence-corrected chi connectivity index (χ1v) is 24.6. The van der Waals surface area contributed by atoms with Crippen LogP contribution in [0.3, 0.4) is 0 Å². The van der Waals surface area contributed by atoms with Crippen molar-refractivity contribution in [3.63, 3.8) is 0 Å². The van der Waals surface area contributed by atoms with E-state index in [4.69, 9.17) is 32.1 Å². The number of urea groups is 1. The summed E-state index contributed by atoms with van der Waals surface area (Å²) in [6.07, 6.45) is 4.57. The van der Waals surface area contributed by atoms with Crippen LogP contribution in [0.15, 0.2) is 24.5 Å². The molecule has 9 nitrogen and oxygen atoms in total. The molecule has 0 saturated heterocycles. The zero-order chi connectivity index (χ0) is 39.1. The van der Waals surface area contributed by atoms with Crippen molar-refractivity contribution in [2.24, 2.45) is 0 Å². The van der Waals surface area contributed by atoms with E-state index in [1.54, 1.807) is 6.07 Å². The van der Waals surface area contributed by atoms with Crippen molar-refractivity contribution in [2.75, 3.05) is 23.4 Å². The van der Waals surface area contributed by atoms with E-state index in [1.165, 1.54) is 44.1 Å². The summed E-state index contributed by atoms with van der Waals surface area (Å²) >= 11 is 12.9. The van der Waals surface area contributed by atoms with Gasteiger partial charge in [-0.05, 0) is 55.7 Å². The van der Waals surface area contributed by atoms with E-state index in [0.717, 1.165) is 29.2 Å². The fraction of sp³-hybridized carbons (Fsp3) is 0.667. The summed E-state index contributed by atoms with van der Waals surface area (Å²) in [5, 5.41) is 6.87. The molecule has 0 saturated carbocycles. The third kappa shape index (κ3) is 8.83. The van der Waals surface area contributed by atoms with Crippen LogP contribution in [-0.4, -0.2) is 61.6 Å². The van der Waals surface area contributed by atoms with Gasteiger partial charge >= 0.3 is 12.2 Å². The number of alkyl halides is 3. The Morgan fingerprint density at radius 1 is 1.00 bits per heavy atom. The quantitative estimate of drug-likeness (QED) is 0.129. The maximum absolute atomic E-state index is 14.6. The van der Waals surface area contributed by atoms with Gasteiger partial charge in [0.25, 0.3) is 0 Å². The summed E-state index contributed by atoms with van der Waals surface area (Å²) in [6.45, 7) is 22.7. The first kappa shape index (κ1) is 42.5. The number of hydrogen-bond donors (Lipinski definition) is 1. The molecule has 16 heteroatoms. The van der Waals surface area contributed by atoms with Gasteiger partial charge in [-0.25, -0.2) is 14.3 Å². The van der Waals surface area contributed by atoms with Crippen LogP contribution in [0.4, 0.5) is 29.3 Å². The zero-order valence-corrected chi connectivity index (χ0v) is 35.9. The van der Waals surface area contributed by atoms with Crippen molar-refractivity contribution in [3.8, 4) is 0 Å². The number of aromatic nitrogens is 4. The number of fused-ring (bicyclic) bond motifs is 3. The van der Waals surface area contributed by atoms with Gasteiger partial charge in [0.05, 0.1) is 46.8 Å². The Bertz CT molecular complexity index is 1750. The molecule has 1 N–H and O–H groups in total. The molecule has 3 aromatic heterocycles. The molecule has 0 fully saturated rings. The third-order valence-electron chi connectivity index (χ3n) is 11.4. The highest BCUT2D eigenvalue weighted by molar-refractivity contribution is 6.74. The summed E-state index contributed by atoms with van der Waals surface area (Å²) in [6, 6.07) is 2.10. The summed E-state index contributed by atoms with van der Waals surface area (Å²) in [7, 11) is -4.59. The van der Waals surface area contributed by atoms with Gasteiger partial charge in [-0.1, -0.05) is 96.8 Å². The maximum atomic E-state index is 14.6. The van der Waals surface area contributed by atoms with E-state index in [2.05, 4.69) is 88.1 Å². The Morgan fingerprint density at radius 2 is 1.65 bits per heavy atom. The number of carbonyl (C=O) groups is 1. The van der Waals surface area contributed by atoms with Crippen molar-refractivity contribution >= 4 is 62.9 Å². The number of nitrogens with zero attached hydrogens (tertiary/aromatic N) is 5. The third-order valence-corrected chi connectivity index (χ3v) is 20.8. The molecule has 2 amide bonds. The number of anilines is 2. The van der Waals surface area contributed by atoms with Crippen molar-refractivity contribution in [1.82, 2.24) is 19.6 Å². The van der Waals surface area contributed by atoms with Crippen LogP contribution in [0, 0.1) is 0 Å². The van der Waals surface area contributed by atoms with Gasteiger partial charge in [0.2, 0.25) is 0 Å². The number of nitrogens with one attached hydrogen (secondary N) is 1. The van der Waals surface area contributed by atoms with E-state index in [0.29, 0.717) is 5.69 Å². The predicted octanol–water partition coefficient (Wildman–Crippen LogP) is 11.7. The highest BCUT2D eigenvalue weighted by atomic mass is 35.5. The lowest BCUT2D eigenvalue weighted by atomic mass is 9.88. The molecule has 1 aliphatic heterocycles. The molecular formula is C36H55Cl2F3N6O3Si2.